The first kappa shape index (κ1) is 49.2. The highest BCUT2D eigenvalue weighted by Crippen LogP contribution is 2.69. The summed E-state index contributed by atoms with van der Waals surface area (Å²) in [4.78, 5) is 0. The molecule has 18 heteroatoms. The van der Waals surface area contributed by atoms with E-state index in [4.69, 9.17) is 28.4 Å². The van der Waals surface area contributed by atoms with E-state index < -0.39 is 105 Å². The summed E-state index contributed by atoms with van der Waals surface area (Å²) in [6.45, 7) is 7.31. The average Bonchev–Trinajstić information content (AvgIpc) is 3.56. The van der Waals surface area contributed by atoms with Crippen LogP contribution >= 0.6 is 0 Å². The normalized spacial score (nSPS) is 52.4. The summed E-state index contributed by atoms with van der Waals surface area (Å²) in [5.74, 6) is 1.14. The van der Waals surface area contributed by atoms with Gasteiger partial charge in [0, 0.05) is 6.61 Å². The van der Waals surface area contributed by atoms with Gasteiger partial charge in [-0.15, -0.1) is 0 Å². The molecule has 0 bridgehead atoms. The molecule has 62 heavy (non-hydrogen) atoms. The van der Waals surface area contributed by atoms with Gasteiger partial charge in [0.2, 0.25) is 0 Å². The molecule has 0 aromatic rings. The van der Waals surface area contributed by atoms with Crippen molar-refractivity contribution in [2.45, 2.75) is 196 Å². The van der Waals surface area contributed by atoms with Crippen molar-refractivity contribution in [3.63, 3.8) is 0 Å². The van der Waals surface area contributed by atoms with Gasteiger partial charge in [-0.3, -0.25) is 0 Å². The van der Waals surface area contributed by atoms with Crippen molar-refractivity contribution in [3.8, 4) is 0 Å². The van der Waals surface area contributed by atoms with Crippen molar-refractivity contribution in [3.05, 3.63) is 0 Å². The third-order valence-corrected chi connectivity index (χ3v) is 17.2. The van der Waals surface area contributed by atoms with E-state index in [1.807, 2.05) is 6.92 Å². The van der Waals surface area contributed by atoms with E-state index >= 15 is 0 Å². The maximum Gasteiger partial charge on any atom is 0.187 e. The van der Waals surface area contributed by atoms with Gasteiger partial charge in [0.1, 0.15) is 67.1 Å². The molecular weight excluding hydrogens is 816 g/mol. The summed E-state index contributed by atoms with van der Waals surface area (Å²) in [6.07, 6.45) is -13.7. The van der Waals surface area contributed by atoms with E-state index in [0.29, 0.717) is 49.9 Å². The van der Waals surface area contributed by atoms with Gasteiger partial charge < -0.3 is 89.7 Å². The first-order valence-electron chi connectivity index (χ1n) is 23.2. The molecule has 0 unspecified atom stereocenters. The second kappa shape index (κ2) is 19.9. The summed E-state index contributed by atoms with van der Waals surface area (Å²) in [7, 11) is 0. The fourth-order valence-corrected chi connectivity index (χ4v) is 13.4. The van der Waals surface area contributed by atoms with Crippen LogP contribution in [0.15, 0.2) is 0 Å². The molecule has 0 aromatic carbocycles. The minimum Gasteiger partial charge on any atom is -0.396 e. The van der Waals surface area contributed by atoms with Crippen LogP contribution in [0.2, 0.25) is 0 Å². The Bertz CT molecular complexity index is 1440. The smallest absolute Gasteiger partial charge is 0.187 e. The number of aliphatic hydroxyl groups is 12. The summed E-state index contributed by atoms with van der Waals surface area (Å²) in [5.41, 5.74) is -0.213. The third-order valence-electron chi connectivity index (χ3n) is 17.2. The lowest BCUT2D eigenvalue weighted by molar-refractivity contribution is -0.364. The van der Waals surface area contributed by atoms with Crippen LogP contribution in [0.4, 0.5) is 0 Å². The first-order chi connectivity index (χ1) is 29.4. The number of hydrogen-bond acceptors (Lipinski definition) is 18. The largest absolute Gasteiger partial charge is 0.396 e. The monoisotopic (exact) mass is 893 g/mol. The Labute approximate surface area is 364 Å². The van der Waals surface area contributed by atoms with Gasteiger partial charge in [0.05, 0.1) is 38.1 Å². The zero-order chi connectivity index (χ0) is 45.0. The van der Waals surface area contributed by atoms with Crippen LogP contribution in [0.3, 0.4) is 0 Å². The van der Waals surface area contributed by atoms with Gasteiger partial charge in [0.15, 0.2) is 18.9 Å². The molecule has 4 saturated carbocycles. The van der Waals surface area contributed by atoms with Crippen LogP contribution in [0.25, 0.3) is 0 Å². The minimum absolute atomic E-state index is 0.0173. The summed E-state index contributed by atoms with van der Waals surface area (Å²) in [5, 5.41) is 126. The van der Waals surface area contributed by atoms with Crippen molar-refractivity contribution in [1.82, 2.24) is 0 Å². The van der Waals surface area contributed by atoms with E-state index in [9.17, 15) is 61.3 Å². The molecule has 7 rings (SSSR count). The average molecular weight is 893 g/mol. The Kier molecular flexibility index (Phi) is 15.8. The number of hydrogen-bond donors (Lipinski definition) is 12. The van der Waals surface area contributed by atoms with Crippen LogP contribution in [-0.4, -0.2) is 192 Å². The van der Waals surface area contributed by atoms with Gasteiger partial charge in [-0.1, -0.05) is 27.7 Å². The Morgan fingerprint density at radius 3 is 1.97 bits per heavy atom. The lowest BCUT2D eigenvalue weighted by atomic mass is 9.44. The molecule has 0 spiro atoms. The van der Waals surface area contributed by atoms with Crippen molar-refractivity contribution < 1.29 is 89.7 Å². The predicted octanol–water partition coefficient (Wildman–Crippen LogP) is -1.51. The van der Waals surface area contributed by atoms with E-state index in [2.05, 4.69) is 20.8 Å². The molecule has 0 aromatic heterocycles. The zero-order valence-electron chi connectivity index (χ0n) is 36.6. The molecule has 3 saturated heterocycles. The standard InChI is InChI=1S/C44H76O18/c1-19(15-45)5-8-26(48)20(2)31-28(59-40-36(54)32(50)27(49)18-57-40)14-25-23-7-6-21-13-22(9-11-43(21,3)24(23)10-12-44(25,31)4)58-41-38(56)35(53)39(30(17-47)61-41)62-42-37(55)34(52)33(51)29(16-46)60-42/h19-42,45-56H,5-18H2,1-4H3/t19-,20+,21+,22+,23+,24-,25-,26-,27-,28+,29-,30-,31-,32+,33-,34+,35-,36-,37-,38-,39-,40+,41-,42+,43-,44-/m0/s1. The van der Waals surface area contributed by atoms with Crippen molar-refractivity contribution in [2.75, 3.05) is 26.4 Å². The van der Waals surface area contributed by atoms with Crippen molar-refractivity contribution in [2.24, 2.45) is 52.3 Å². The molecule has 0 radical (unpaired) electrons. The molecule has 7 aliphatic rings. The molecule has 4 aliphatic carbocycles. The Morgan fingerprint density at radius 1 is 0.629 bits per heavy atom. The number of ether oxygens (including phenoxy) is 6. The zero-order valence-corrected chi connectivity index (χ0v) is 36.6. The second-order valence-electron chi connectivity index (χ2n) is 20.7. The highest BCUT2D eigenvalue weighted by molar-refractivity contribution is 5.13. The Balaban J connectivity index is 1.02. The second-order valence-corrected chi connectivity index (χ2v) is 20.7. The molecule has 3 aliphatic heterocycles. The van der Waals surface area contributed by atoms with Gasteiger partial charge in [-0.2, -0.15) is 0 Å². The van der Waals surface area contributed by atoms with Gasteiger partial charge >= 0.3 is 0 Å². The minimum atomic E-state index is -1.76. The number of rotatable bonds is 14. The molecule has 12 N–H and O–H groups in total. The predicted molar refractivity (Wildman–Crippen MR) is 215 cm³/mol. The van der Waals surface area contributed by atoms with Crippen LogP contribution in [-0.2, 0) is 28.4 Å². The molecular formula is C44H76O18. The first-order valence-corrected chi connectivity index (χ1v) is 23.2. The van der Waals surface area contributed by atoms with E-state index in [0.717, 1.165) is 32.1 Å². The number of fused-ring (bicyclic) bond motifs is 5. The fourth-order valence-electron chi connectivity index (χ4n) is 13.4. The Morgan fingerprint density at radius 2 is 1.27 bits per heavy atom. The van der Waals surface area contributed by atoms with E-state index in [-0.39, 0.29) is 59.9 Å². The van der Waals surface area contributed by atoms with Gasteiger partial charge in [-0.05, 0) is 116 Å². The molecule has 360 valence electrons. The van der Waals surface area contributed by atoms with Crippen molar-refractivity contribution >= 4 is 0 Å². The highest BCUT2D eigenvalue weighted by Gasteiger charge is 2.64. The maximum atomic E-state index is 11.6. The maximum absolute atomic E-state index is 11.6. The third kappa shape index (κ3) is 9.16. The lowest BCUT2D eigenvalue weighted by Crippen LogP contribution is -2.65. The van der Waals surface area contributed by atoms with E-state index in [1.54, 1.807) is 0 Å². The Hall–Kier alpha value is -0.720. The summed E-state index contributed by atoms with van der Waals surface area (Å²) >= 11 is 0. The van der Waals surface area contributed by atoms with Crippen LogP contribution in [0.1, 0.15) is 91.9 Å². The summed E-state index contributed by atoms with van der Waals surface area (Å²) < 4.78 is 35.9. The van der Waals surface area contributed by atoms with E-state index in [1.165, 1.54) is 0 Å². The highest BCUT2D eigenvalue weighted by atomic mass is 16.7. The molecule has 26 atom stereocenters. The summed E-state index contributed by atoms with van der Waals surface area (Å²) in [6, 6.07) is 0. The quantitative estimate of drug-likeness (QED) is 0.0883. The van der Waals surface area contributed by atoms with Crippen LogP contribution in [0.5, 0.6) is 0 Å². The molecule has 18 nitrogen and oxygen atoms in total. The number of aliphatic hydroxyl groups excluding tert-OH is 12. The van der Waals surface area contributed by atoms with Crippen molar-refractivity contribution in [1.29, 1.82) is 0 Å². The molecule has 3 heterocycles. The SMILES string of the molecule is C[C@H](CO)CC[C@H](O)[C@@H](C)[C@H]1[C@H](O[C@H]2OC[C@H](O)[C@@H](O)[C@@H]2O)C[C@H]2[C@@H]3CC[C@@H]4C[C@H](O[C@H]5O[C@@H](CO)[C@H](O[C@H]6O[C@@H](CO)[C@H](O)[C@@H](O)[C@@H]6O)[C@@H](O)[C@@H]5O)CC[C@]4(C)[C@H]3CC[C@]12C. The molecule has 7 fully saturated rings. The topological polar surface area (TPSA) is 298 Å². The molecule has 0 amide bonds. The van der Waals surface area contributed by atoms with Gasteiger partial charge in [0.25, 0.3) is 0 Å². The van der Waals surface area contributed by atoms with Crippen LogP contribution < -0.4 is 0 Å². The lowest BCUT2D eigenvalue weighted by Gasteiger charge is -2.61. The van der Waals surface area contributed by atoms with Crippen LogP contribution in [0, 0.1) is 52.3 Å². The van der Waals surface area contributed by atoms with Gasteiger partial charge in [-0.25, -0.2) is 0 Å². The fraction of sp³-hybridized carbons (Fsp3) is 1.00.